The minimum Gasteiger partial charge on any atom is -0.364 e. The number of rotatable bonds is 4. The van der Waals surface area contributed by atoms with E-state index >= 15 is 0 Å². The van der Waals surface area contributed by atoms with Gasteiger partial charge in [-0.15, -0.1) is 0 Å². The van der Waals surface area contributed by atoms with Crippen LogP contribution in [0.5, 0.6) is 0 Å². The van der Waals surface area contributed by atoms with E-state index in [9.17, 15) is 0 Å². The lowest BCUT2D eigenvalue weighted by Crippen LogP contribution is -2.33. The second-order valence-electron chi connectivity index (χ2n) is 3.98. The van der Waals surface area contributed by atoms with E-state index in [0.717, 1.165) is 12.8 Å². The molecule has 16 heavy (non-hydrogen) atoms. The first kappa shape index (κ1) is 13.9. The summed E-state index contributed by atoms with van der Waals surface area (Å²) in [7, 11) is 0. The fourth-order valence-electron chi connectivity index (χ4n) is 1.24. The molecule has 1 rings (SSSR count). The predicted molar refractivity (Wildman–Crippen MR) is 71.9 cm³/mol. The normalized spacial score (nSPS) is 11.6. The summed E-state index contributed by atoms with van der Waals surface area (Å²) in [5.74, 6) is 0.585. The molecular weight excluding hydrogens is 266 g/mol. The van der Waals surface area contributed by atoms with Crippen LogP contribution in [0, 0.1) is 0 Å². The molecule has 0 spiro atoms. The molecule has 5 heteroatoms. The van der Waals surface area contributed by atoms with Crippen LogP contribution in [-0.4, -0.2) is 10.5 Å². The molecule has 0 atom stereocenters. The standard InChI is InChI=1S/C11H15Cl3N2/c1-4-11(3,5-2)16-10-8(13)6-7(12)9(14)15-10/h6H,4-5H2,1-3H3,(H,15,16). The molecule has 0 amide bonds. The van der Waals surface area contributed by atoms with Crippen molar-refractivity contribution in [2.75, 3.05) is 5.32 Å². The van der Waals surface area contributed by atoms with Crippen molar-refractivity contribution in [1.82, 2.24) is 4.98 Å². The van der Waals surface area contributed by atoms with Crippen LogP contribution in [0.3, 0.4) is 0 Å². The van der Waals surface area contributed by atoms with Gasteiger partial charge in [0.1, 0.15) is 11.0 Å². The van der Waals surface area contributed by atoms with Gasteiger partial charge < -0.3 is 5.32 Å². The van der Waals surface area contributed by atoms with Gasteiger partial charge in [0, 0.05) is 5.54 Å². The first-order valence-corrected chi connectivity index (χ1v) is 6.35. The van der Waals surface area contributed by atoms with Gasteiger partial charge in [-0.25, -0.2) is 4.98 Å². The molecule has 2 nitrogen and oxygen atoms in total. The third-order valence-corrected chi connectivity index (χ3v) is 3.83. The van der Waals surface area contributed by atoms with Gasteiger partial charge in [-0.2, -0.15) is 0 Å². The Hall–Kier alpha value is -0.180. The molecular formula is C11H15Cl3N2. The van der Waals surface area contributed by atoms with Crippen LogP contribution in [0.2, 0.25) is 15.2 Å². The Balaban J connectivity index is 3.01. The number of hydrogen-bond donors (Lipinski definition) is 1. The van der Waals surface area contributed by atoms with E-state index in [-0.39, 0.29) is 10.7 Å². The Bertz CT molecular complexity index is 376. The minimum absolute atomic E-state index is 0.0339. The molecule has 0 aliphatic rings. The molecule has 0 fully saturated rings. The Morgan fingerprint density at radius 3 is 2.25 bits per heavy atom. The van der Waals surface area contributed by atoms with E-state index in [4.69, 9.17) is 34.8 Å². The number of halogens is 3. The van der Waals surface area contributed by atoms with Crippen LogP contribution < -0.4 is 5.32 Å². The Morgan fingerprint density at radius 2 is 1.75 bits per heavy atom. The highest BCUT2D eigenvalue weighted by molar-refractivity contribution is 6.42. The van der Waals surface area contributed by atoms with Gasteiger partial charge in [0.15, 0.2) is 0 Å². The molecule has 90 valence electrons. The zero-order valence-corrected chi connectivity index (χ0v) is 11.8. The maximum Gasteiger partial charge on any atom is 0.150 e. The monoisotopic (exact) mass is 280 g/mol. The molecule has 0 radical (unpaired) electrons. The quantitative estimate of drug-likeness (QED) is 0.783. The number of aromatic nitrogens is 1. The average Bonchev–Trinajstić information content (AvgIpc) is 2.25. The van der Waals surface area contributed by atoms with E-state index in [0.29, 0.717) is 15.9 Å². The third kappa shape index (κ3) is 3.16. The molecule has 1 heterocycles. The second kappa shape index (κ2) is 5.44. The molecule has 1 aromatic rings. The van der Waals surface area contributed by atoms with Crippen molar-refractivity contribution in [2.24, 2.45) is 0 Å². The third-order valence-electron chi connectivity index (χ3n) is 2.87. The van der Waals surface area contributed by atoms with Crippen molar-refractivity contribution in [2.45, 2.75) is 39.2 Å². The van der Waals surface area contributed by atoms with Crippen LogP contribution in [-0.2, 0) is 0 Å². The Labute approximate surface area is 111 Å². The fraction of sp³-hybridized carbons (Fsp3) is 0.545. The topological polar surface area (TPSA) is 24.9 Å². The van der Waals surface area contributed by atoms with Gasteiger partial charge in [-0.1, -0.05) is 48.7 Å². The van der Waals surface area contributed by atoms with Gasteiger partial charge in [0.05, 0.1) is 10.0 Å². The number of pyridine rings is 1. The van der Waals surface area contributed by atoms with Crippen molar-refractivity contribution in [3.8, 4) is 0 Å². The van der Waals surface area contributed by atoms with Crippen LogP contribution in [0.4, 0.5) is 5.82 Å². The van der Waals surface area contributed by atoms with Gasteiger partial charge in [-0.05, 0) is 25.8 Å². The summed E-state index contributed by atoms with van der Waals surface area (Å²) in [4.78, 5) is 4.14. The zero-order valence-electron chi connectivity index (χ0n) is 9.57. The van der Waals surface area contributed by atoms with Crippen molar-refractivity contribution in [3.05, 3.63) is 21.3 Å². The fourth-order valence-corrected chi connectivity index (χ4v) is 1.79. The zero-order chi connectivity index (χ0) is 12.3. The highest BCUT2D eigenvalue weighted by Crippen LogP contribution is 2.31. The van der Waals surface area contributed by atoms with Crippen molar-refractivity contribution in [1.29, 1.82) is 0 Å². The Kier molecular flexibility index (Phi) is 4.72. The Morgan fingerprint density at radius 1 is 1.19 bits per heavy atom. The van der Waals surface area contributed by atoms with E-state index in [2.05, 4.69) is 31.1 Å². The SMILES string of the molecule is CCC(C)(CC)Nc1nc(Cl)c(Cl)cc1Cl. The number of nitrogens with zero attached hydrogens (tertiary/aromatic N) is 1. The average molecular weight is 282 g/mol. The molecule has 0 aliphatic carbocycles. The molecule has 0 saturated carbocycles. The lowest BCUT2D eigenvalue weighted by atomic mass is 9.96. The molecule has 1 aromatic heterocycles. The van der Waals surface area contributed by atoms with Gasteiger partial charge in [-0.3, -0.25) is 0 Å². The van der Waals surface area contributed by atoms with E-state index < -0.39 is 0 Å². The van der Waals surface area contributed by atoms with Gasteiger partial charge in [0.25, 0.3) is 0 Å². The van der Waals surface area contributed by atoms with Crippen molar-refractivity contribution < 1.29 is 0 Å². The lowest BCUT2D eigenvalue weighted by molar-refractivity contribution is 0.477. The summed E-state index contributed by atoms with van der Waals surface area (Å²) < 4.78 is 0. The summed E-state index contributed by atoms with van der Waals surface area (Å²) >= 11 is 17.7. The molecule has 0 saturated heterocycles. The van der Waals surface area contributed by atoms with E-state index in [1.165, 1.54) is 0 Å². The summed E-state index contributed by atoms with van der Waals surface area (Å²) in [6.07, 6.45) is 1.95. The van der Waals surface area contributed by atoms with Crippen LogP contribution in [0.15, 0.2) is 6.07 Å². The summed E-state index contributed by atoms with van der Waals surface area (Å²) in [6.45, 7) is 6.34. The maximum absolute atomic E-state index is 6.05. The maximum atomic E-state index is 6.05. The van der Waals surface area contributed by atoms with Gasteiger partial charge >= 0.3 is 0 Å². The number of anilines is 1. The highest BCUT2D eigenvalue weighted by Gasteiger charge is 2.21. The smallest absolute Gasteiger partial charge is 0.150 e. The molecule has 1 N–H and O–H groups in total. The van der Waals surface area contributed by atoms with E-state index in [1.807, 2.05) is 0 Å². The van der Waals surface area contributed by atoms with Crippen molar-refractivity contribution >= 4 is 40.6 Å². The molecule has 0 aromatic carbocycles. The molecule has 0 unspecified atom stereocenters. The van der Waals surface area contributed by atoms with Crippen LogP contribution in [0.25, 0.3) is 0 Å². The number of nitrogens with one attached hydrogen (secondary N) is 1. The predicted octanol–water partition coefficient (Wildman–Crippen LogP) is 5.03. The van der Waals surface area contributed by atoms with E-state index in [1.54, 1.807) is 6.07 Å². The lowest BCUT2D eigenvalue weighted by Gasteiger charge is -2.29. The largest absolute Gasteiger partial charge is 0.364 e. The number of hydrogen-bond acceptors (Lipinski definition) is 2. The van der Waals surface area contributed by atoms with Crippen molar-refractivity contribution in [3.63, 3.8) is 0 Å². The van der Waals surface area contributed by atoms with Crippen LogP contribution in [0.1, 0.15) is 33.6 Å². The molecule has 0 aliphatic heterocycles. The second-order valence-corrected chi connectivity index (χ2v) is 5.16. The minimum atomic E-state index is -0.0339. The highest BCUT2D eigenvalue weighted by atomic mass is 35.5. The molecule has 0 bridgehead atoms. The van der Waals surface area contributed by atoms with Gasteiger partial charge in [0.2, 0.25) is 0 Å². The first-order chi connectivity index (χ1) is 7.41. The summed E-state index contributed by atoms with van der Waals surface area (Å²) in [5, 5.41) is 4.43. The van der Waals surface area contributed by atoms with Crippen LogP contribution >= 0.6 is 34.8 Å². The first-order valence-electron chi connectivity index (χ1n) is 5.21. The summed E-state index contributed by atoms with van der Waals surface area (Å²) in [6, 6.07) is 1.60. The summed E-state index contributed by atoms with van der Waals surface area (Å²) in [5.41, 5.74) is -0.0339.